The zero-order valence-electron chi connectivity index (χ0n) is 33.8. The molecule has 1 N–H and O–H groups in total. The van der Waals surface area contributed by atoms with Gasteiger partial charge in [0.25, 0.3) is 0 Å². The minimum Gasteiger partial charge on any atom is -0.554 e. The van der Waals surface area contributed by atoms with E-state index in [0.717, 1.165) is 88.3 Å². The van der Waals surface area contributed by atoms with E-state index in [1.165, 1.54) is 4.80 Å². The summed E-state index contributed by atoms with van der Waals surface area (Å²) in [6, 6.07) is 60.8. The molecule has 0 aliphatic carbocycles. The molecular weight excluding hydrogens is 967 g/mol. The molecule has 63 heavy (non-hydrogen) atoms. The van der Waals surface area contributed by atoms with Gasteiger partial charge in [-0.15, -0.1) is 39.3 Å². The summed E-state index contributed by atoms with van der Waals surface area (Å²) in [6.07, 6.45) is 0. The molecule has 1 radical (unpaired) electrons. The summed E-state index contributed by atoms with van der Waals surface area (Å²) in [4.78, 5) is 4.77. The van der Waals surface area contributed by atoms with Gasteiger partial charge in [-0.1, -0.05) is 125 Å². The number of benzene rings is 9. The second kappa shape index (κ2) is 17.5. The van der Waals surface area contributed by atoms with Gasteiger partial charge in [0.15, 0.2) is 0 Å². The smallest absolute Gasteiger partial charge is 0.143 e. The van der Waals surface area contributed by atoms with Crippen molar-refractivity contribution in [3.05, 3.63) is 182 Å². The van der Waals surface area contributed by atoms with Crippen LogP contribution in [0.15, 0.2) is 170 Å². The molecule has 0 spiro atoms. The molecule has 0 atom stereocenters. The summed E-state index contributed by atoms with van der Waals surface area (Å²) in [5.41, 5.74) is 7.33. The number of fused-ring (bicyclic) bond motifs is 6. The molecule has 0 bridgehead atoms. The number of rotatable bonds is 5. The number of methoxy groups -OCH3 is 2. The number of phenols is 1. The van der Waals surface area contributed by atoms with Gasteiger partial charge in [0, 0.05) is 37.0 Å². The van der Waals surface area contributed by atoms with Gasteiger partial charge >= 0.3 is 0 Å². The first-order valence-corrected chi connectivity index (χ1v) is 19.7. The Kier molecular flexibility index (Phi) is 11.3. The molecule has 0 saturated carbocycles. The Labute approximate surface area is 373 Å². The second-order valence-electron chi connectivity index (χ2n) is 14.1. The van der Waals surface area contributed by atoms with Crippen molar-refractivity contribution in [1.29, 1.82) is 0 Å². The van der Waals surface area contributed by atoms with Crippen LogP contribution in [0.3, 0.4) is 0 Å². The number of phenolic OH excluding ortho intramolecular Hbond substituents is 1. The Hall–Kier alpha value is -7.99. The Balaban J connectivity index is 0.000000119. The van der Waals surface area contributed by atoms with Crippen LogP contribution in [0.5, 0.6) is 17.2 Å². The van der Waals surface area contributed by atoms with E-state index < -0.39 is 0 Å². The van der Waals surface area contributed by atoms with Crippen molar-refractivity contribution in [2.75, 3.05) is 14.2 Å². The largest absolute Gasteiger partial charge is 0.554 e. The predicted octanol–water partition coefficient (Wildman–Crippen LogP) is 10.0. The van der Waals surface area contributed by atoms with E-state index in [0.29, 0.717) is 5.69 Å². The minimum atomic E-state index is 0. The van der Waals surface area contributed by atoms with Crippen molar-refractivity contribution in [3.63, 3.8) is 0 Å². The van der Waals surface area contributed by atoms with Crippen molar-refractivity contribution in [2.45, 2.75) is 0 Å². The van der Waals surface area contributed by atoms with Crippen LogP contribution < -0.4 is 9.47 Å². The first-order chi connectivity index (χ1) is 30.6. The molecule has 3 heterocycles. The van der Waals surface area contributed by atoms with Gasteiger partial charge in [-0.3, -0.25) is 0 Å². The van der Waals surface area contributed by atoms with Gasteiger partial charge < -0.3 is 14.6 Å². The van der Waals surface area contributed by atoms with Gasteiger partial charge in [0.1, 0.15) is 44.5 Å². The number of hydrogen-bond donors (Lipinski definition) is 1. The molecule has 0 aliphatic heterocycles. The number of hydrogen-bond acceptors (Lipinski definition) is 9. The number of ether oxygens (including phenoxy) is 2. The van der Waals surface area contributed by atoms with Gasteiger partial charge in [-0.05, 0) is 59.2 Å². The fourth-order valence-corrected chi connectivity index (χ4v) is 7.39. The van der Waals surface area contributed by atoms with Gasteiger partial charge in [0.2, 0.25) is 0 Å². The second-order valence-corrected chi connectivity index (χ2v) is 14.1. The van der Waals surface area contributed by atoms with Crippen LogP contribution in [0.1, 0.15) is 0 Å². The van der Waals surface area contributed by atoms with Crippen LogP contribution in [0.4, 0.5) is 0 Å². The predicted molar refractivity (Wildman–Crippen MR) is 242 cm³/mol. The topological polar surface area (TPSA) is 131 Å². The van der Waals surface area contributed by atoms with Crippen LogP contribution in [-0.4, -0.2) is 64.3 Å². The molecule has 13 heteroatoms. The van der Waals surface area contributed by atoms with E-state index in [4.69, 9.17) is 9.47 Å². The number of aromatic hydroxyl groups is 1. The van der Waals surface area contributed by atoms with Gasteiger partial charge in [0.05, 0.1) is 14.2 Å². The molecule has 12 aromatic rings. The summed E-state index contributed by atoms with van der Waals surface area (Å²) >= 11 is 0. The van der Waals surface area contributed by atoms with E-state index in [9.17, 15) is 5.11 Å². The average molecular weight is 1000 g/mol. The molecule has 0 fully saturated rings. The Morgan fingerprint density at radius 3 is 1.13 bits per heavy atom. The molecule has 0 aliphatic rings. The van der Waals surface area contributed by atoms with Crippen molar-refractivity contribution in [3.8, 4) is 34.3 Å². The van der Waals surface area contributed by atoms with E-state index in [-0.39, 0.29) is 25.9 Å². The standard InChI is InChI=1S/2C17H12N3O.C16H11N3O.Ir/c2*1-21-17-11-10-16(12-6-2-3-7-13(12)17)20-18-14-8-4-5-9-15(14)19-20;20-15-10-9-11-5-1-2-6-12(11)16(15)19-17-13-7-3-4-8-14(13)18-19;/h2*2-9,11H,1H3;1-10,20H;/q2*-1;;. The zero-order chi connectivity index (χ0) is 42.0. The Bertz CT molecular complexity index is 3310. The van der Waals surface area contributed by atoms with Crippen molar-refractivity contribution < 1.29 is 34.7 Å². The molecule has 0 saturated heterocycles. The maximum Gasteiger partial charge on any atom is 0.143 e. The monoisotopic (exact) mass is 1000 g/mol. The molecule has 12 nitrogen and oxygen atoms in total. The van der Waals surface area contributed by atoms with Crippen molar-refractivity contribution in [1.82, 2.24) is 45.0 Å². The number of aromatic nitrogens is 9. The maximum atomic E-state index is 10.2. The van der Waals surface area contributed by atoms with Crippen LogP contribution in [0, 0.1) is 12.1 Å². The molecule has 0 unspecified atom stereocenters. The number of nitrogens with zero attached hydrogens (tertiary/aromatic N) is 9. The normalized spacial score (nSPS) is 11.0. The molecular formula is C50H35IrN9O3-2. The van der Waals surface area contributed by atoms with E-state index in [1.807, 2.05) is 164 Å². The minimum absolute atomic E-state index is 0. The van der Waals surface area contributed by atoms with Crippen LogP contribution in [0.2, 0.25) is 0 Å². The summed E-state index contributed by atoms with van der Waals surface area (Å²) < 4.78 is 10.8. The third kappa shape index (κ3) is 7.78. The molecule has 9 aromatic carbocycles. The zero-order valence-corrected chi connectivity index (χ0v) is 36.2. The quantitative estimate of drug-likeness (QED) is 0.168. The van der Waals surface area contributed by atoms with E-state index in [2.05, 4.69) is 42.7 Å². The molecule has 3 aromatic heterocycles. The maximum absolute atomic E-state index is 10.2. The third-order valence-corrected chi connectivity index (χ3v) is 10.4. The SMILES string of the molecule is COc1c[c-]c(-n2nc3ccccc3n2)c2ccccc12.COc1c[c-]c(-n2nc3ccccc3n2)c2ccccc12.Oc1ccc2ccccc2c1-n1nc2ccccc2n1.[Ir]. The summed E-state index contributed by atoms with van der Waals surface area (Å²) in [5.74, 6) is 1.76. The van der Waals surface area contributed by atoms with Gasteiger partial charge in [-0.2, -0.15) is 42.1 Å². The molecule has 0 amide bonds. The van der Waals surface area contributed by atoms with Crippen molar-refractivity contribution in [2.24, 2.45) is 0 Å². The van der Waals surface area contributed by atoms with Crippen LogP contribution in [0.25, 0.3) is 82.5 Å². The summed E-state index contributed by atoms with van der Waals surface area (Å²) in [6.45, 7) is 0. The summed E-state index contributed by atoms with van der Waals surface area (Å²) in [5, 5.41) is 43.2. The van der Waals surface area contributed by atoms with Gasteiger partial charge in [-0.25, -0.2) is 0 Å². The first kappa shape index (κ1) is 40.4. The van der Waals surface area contributed by atoms with E-state index in [1.54, 1.807) is 29.9 Å². The third-order valence-electron chi connectivity index (χ3n) is 10.4. The summed E-state index contributed by atoms with van der Waals surface area (Å²) in [7, 11) is 3.32. The van der Waals surface area contributed by atoms with Crippen LogP contribution >= 0.6 is 0 Å². The first-order valence-electron chi connectivity index (χ1n) is 19.7. The molecule has 309 valence electrons. The Morgan fingerprint density at radius 1 is 0.397 bits per heavy atom. The fraction of sp³-hybridized carbons (Fsp3) is 0.0400. The Morgan fingerprint density at radius 2 is 0.730 bits per heavy atom. The van der Waals surface area contributed by atoms with E-state index >= 15 is 0 Å². The molecule has 12 rings (SSSR count). The van der Waals surface area contributed by atoms with Crippen molar-refractivity contribution >= 4 is 65.4 Å². The van der Waals surface area contributed by atoms with Crippen LogP contribution in [-0.2, 0) is 20.1 Å². The average Bonchev–Trinajstić information content (AvgIpc) is 4.08. The fourth-order valence-electron chi connectivity index (χ4n) is 7.39.